The number of carbonyl (C=O) groups excluding carboxylic acids is 2. The van der Waals surface area contributed by atoms with Crippen LogP contribution in [0.3, 0.4) is 0 Å². The summed E-state index contributed by atoms with van der Waals surface area (Å²) < 4.78 is 5.46. The van der Waals surface area contributed by atoms with Gasteiger partial charge in [-0.2, -0.15) is 0 Å². The van der Waals surface area contributed by atoms with Crippen LogP contribution < -0.4 is 11.1 Å². The summed E-state index contributed by atoms with van der Waals surface area (Å²) in [5.74, 6) is 0.0405. The van der Waals surface area contributed by atoms with Crippen molar-refractivity contribution in [3.05, 3.63) is 0 Å². The fraction of sp³-hybridized carbons (Fsp3) is 0.882. The fourth-order valence-corrected chi connectivity index (χ4v) is 3.82. The number of likely N-dealkylation sites (tertiary alicyclic amines) is 1. The van der Waals surface area contributed by atoms with Crippen molar-refractivity contribution < 1.29 is 14.3 Å². The van der Waals surface area contributed by atoms with E-state index in [2.05, 4.69) is 24.1 Å². The third kappa shape index (κ3) is 4.83. The van der Waals surface area contributed by atoms with Gasteiger partial charge in [0, 0.05) is 38.8 Å². The van der Waals surface area contributed by atoms with Gasteiger partial charge in [-0.15, -0.1) is 0 Å². The Morgan fingerprint density at radius 1 is 1.21 bits per heavy atom. The second-order valence-electron chi connectivity index (χ2n) is 6.81. The lowest BCUT2D eigenvalue weighted by atomic mass is 9.92. The van der Waals surface area contributed by atoms with E-state index in [1.165, 1.54) is 0 Å². The molecule has 0 aromatic heterocycles. The number of urea groups is 1. The molecule has 2 saturated heterocycles. The minimum absolute atomic E-state index is 0.0806. The van der Waals surface area contributed by atoms with Crippen molar-refractivity contribution in [3.63, 3.8) is 0 Å². The van der Waals surface area contributed by atoms with Crippen LogP contribution in [0.25, 0.3) is 0 Å². The predicted molar refractivity (Wildman–Crippen MR) is 92.5 cm³/mol. The number of ether oxygens (including phenoxy) is 1. The van der Waals surface area contributed by atoms with Crippen LogP contribution in [0.15, 0.2) is 0 Å². The van der Waals surface area contributed by atoms with E-state index in [1.54, 1.807) is 4.90 Å². The van der Waals surface area contributed by atoms with Gasteiger partial charge in [-0.25, -0.2) is 4.79 Å². The van der Waals surface area contributed by atoms with Crippen molar-refractivity contribution in [2.45, 2.75) is 39.2 Å². The van der Waals surface area contributed by atoms with Gasteiger partial charge in [0.25, 0.3) is 0 Å². The second-order valence-corrected chi connectivity index (χ2v) is 6.81. The average molecular weight is 340 g/mol. The zero-order valence-corrected chi connectivity index (χ0v) is 15.0. The Bertz CT molecular complexity index is 422. The lowest BCUT2D eigenvalue weighted by Crippen LogP contribution is -2.53. The maximum Gasteiger partial charge on any atom is 0.317 e. The van der Waals surface area contributed by atoms with Crippen molar-refractivity contribution in [2.75, 3.05) is 45.9 Å². The van der Waals surface area contributed by atoms with Crippen LogP contribution in [0.1, 0.15) is 33.1 Å². The Hall–Kier alpha value is -1.34. The lowest BCUT2D eigenvalue weighted by molar-refractivity contribution is -0.121. The van der Waals surface area contributed by atoms with E-state index in [9.17, 15) is 9.59 Å². The summed E-state index contributed by atoms with van der Waals surface area (Å²) in [6.07, 6.45) is 2.87. The molecule has 0 aromatic rings. The SMILES string of the molecule is CCC(CC)[C@@H](CNC(=O)N1CC[C@H](C(N)=O)C1)N1CCOCC1. The number of rotatable bonds is 7. The van der Waals surface area contributed by atoms with Gasteiger partial charge < -0.3 is 20.7 Å². The number of nitrogens with two attached hydrogens (primary N) is 1. The maximum atomic E-state index is 12.4. The van der Waals surface area contributed by atoms with Gasteiger partial charge in [0.1, 0.15) is 0 Å². The smallest absolute Gasteiger partial charge is 0.317 e. The first-order chi connectivity index (χ1) is 11.6. The molecule has 2 heterocycles. The molecule has 2 atom stereocenters. The molecule has 138 valence electrons. The fourth-order valence-electron chi connectivity index (χ4n) is 3.82. The molecule has 2 rings (SSSR count). The number of primary amides is 1. The first kappa shape index (κ1) is 19.0. The van der Waals surface area contributed by atoms with E-state index in [1.807, 2.05) is 0 Å². The highest BCUT2D eigenvalue weighted by atomic mass is 16.5. The summed E-state index contributed by atoms with van der Waals surface area (Å²) in [5, 5.41) is 3.08. The van der Waals surface area contributed by atoms with Crippen LogP contribution in [-0.4, -0.2) is 73.7 Å². The average Bonchev–Trinajstić information content (AvgIpc) is 3.09. The zero-order valence-electron chi connectivity index (χ0n) is 15.0. The number of carbonyl (C=O) groups is 2. The number of nitrogens with zero attached hydrogens (tertiary/aromatic N) is 2. The van der Waals surface area contributed by atoms with E-state index in [0.717, 1.165) is 39.1 Å². The van der Waals surface area contributed by atoms with Gasteiger partial charge in [0.2, 0.25) is 5.91 Å². The first-order valence-electron chi connectivity index (χ1n) is 9.20. The molecule has 2 fully saturated rings. The molecule has 0 aromatic carbocycles. The van der Waals surface area contributed by atoms with Crippen molar-refractivity contribution in [1.82, 2.24) is 15.1 Å². The molecule has 0 bridgehead atoms. The molecule has 0 unspecified atom stereocenters. The zero-order chi connectivity index (χ0) is 17.5. The summed E-state index contributed by atoms with van der Waals surface area (Å²) in [4.78, 5) is 27.8. The maximum absolute atomic E-state index is 12.4. The standard InChI is InChI=1S/C17H32N4O3/c1-3-13(4-2)15(20-7-9-24-10-8-20)11-19-17(23)21-6-5-14(12-21)16(18)22/h13-15H,3-12H2,1-2H3,(H2,18,22)(H,19,23)/t14-,15+/m0/s1. The van der Waals surface area contributed by atoms with Crippen LogP contribution in [0, 0.1) is 11.8 Å². The van der Waals surface area contributed by atoms with Crippen LogP contribution in [-0.2, 0) is 9.53 Å². The minimum Gasteiger partial charge on any atom is -0.379 e. The highest BCUT2D eigenvalue weighted by Gasteiger charge is 2.31. The number of morpholine rings is 1. The monoisotopic (exact) mass is 340 g/mol. The van der Waals surface area contributed by atoms with Crippen molar-refractivity contribution in [1.29, 1.82) is 0 Å². The number of nitrogens with one attached hydrogen (secondary N) is 1. The van der Waals surface area contributed by atoms with Crippen LogP contribution in [0.2, 0.25) is 0 Å². The van der Waals surface area contributed by atoms with E-state index in [-0.39, 0.29) is 17.9 Å². The molecule has 3 amide bonds. The Labute approximate surface area is 144 Å². The van der Waals surface area contributed by atoms with Gasteiger partial charge in [0.15, 0.2) is 0 Å². The largest absolute Gasteiger partial charge is 0.379 e. The molecule has 0 saturated carbocycles. The molecule has 2 aliphatic heterocycles. The van der Waals surface area contributed by atoms with Crippen LogP contribution in [0.5, 0.6) is 0 Å². The van der Waals surface area contributed by atoms with Gasteiger partial charge in [0.05, 0.1) is 19.1 Å². The topological polar surface area (TPSA) is 87.9 Å². The number of amides is 3. The summed E-state index contributed by atoms with van der Waals surface area (Å²) >= 11 is 0. The first-order valence-corrected chi connectivity index (χ1v) is 9.20. The van der Waals surface area contributed by atoms with E-state index < -0.39 is 0 Å². The molecular weight excluding hydrogens is 308 g/mol. The van der Waals surface area contributed by atoms with Gasteiger partial charge in [-0.05, 0) is 12.3 Å². The summed E-state index contributed by atoms with van der Waals surface area (Å²) in [5.41, 5.74) is 5.34. The normalized spacial score (nSPS) is 23.5. The Morgan fingerprint density at radius 2 is 1.88 bits per heavy atom. The third-order valence-electron chi connectivity index (χ3n) is 5.45. The minimum atomic E-state index is -0.312. The second kappa shape index (κ2) is 9.22. The third-order valence-corrected chi connectivity index (χ3v) is 5.45. The van der Waals surface area contributed by atoms with E-state index in [0.29, 0.717) is 38.0 Å². The lowest BCUT2D eigenvalue weighted by Gasteiger charge is -2.39. The van der Waals surface area contributed by atoms with E-state index in [4.69, 9.17) is 10.5 Å². The molecule has 7 heteroatoms. The molecule has 3 N–H and O–H groups in total. The van der Waals surface area contributed by atoms with Gasteiger partial charge >= 0.3 is 6.03 Å². The highest BCUT2D eigenvalue weighted by molar-refractivity contribution is 5.80. The van der Waals surface area contributed by atoms with E-state index >= 15 is 0 Å². The number of hydrogen-bond acceptors (Lipinski definition) is 4. The van der Waals surface area contributed by atoms with Crippen LogP contribution in [0.4, 0.5) is 4.79 Å². The quantitative estimate of drug-likeness (QED) is 0.712. The summed E-state index contributed by atoms with van der Waals surface area (Å²) in [6.45, 7) is 9.47. The molecule has 0 aliphatic carbocycles. The van der Waals surface area contributed by atoms with Crippen LogP contribution >= 0.6 is 0 Å². The molecule has 0 radical (unpaired) electrons. The Morgan fingerprint density at radius 3 is 2.42 bits per heavy atom. The molecule has 0 spiro atoms. The highest BCUT2D eigenvalue weighted by Crippen LogP contribution is 2.20. The van der Waals surface area contributed by atoms with Crippen molar-refractivity contribution in [3.8, 4) is 0 Å². The molecule has 7 nitrogen and oxygen atoms in total. The Balaban J connectivity index is 1.89. The molecular formula is C17H32N4O3. The number of hydrogen-bond donors (Lipinski definition) is 2. The van der Waals surface area contributed by atoms with Gasteiger partial charge in [-0.1, -0.05) is 26.7 Å². The summed E-state index contributed by atoms with van der Waals surface area (Å²) in [6, 6.07) is 0.255. The molecule has 24 heavy (non-hydrogen) atoms. The molecule has 2 aliphatic rings. The summed E-state index contributed by atoms with van der Waals surface area (Å²) in [7, 11) is 0. The Kier molecular flexibility index (Phi) is 7.30. The van der Waals surface area contributed by atoms with Gasteiger partial charge in [-0.3, -0.25) is 9.69 Å². The van der Waals surface area contributed by atoms with Crippen molar-refractivity contribution in [2.24, 2.45) is 17.6 Å². The van der Waals surface area contributed by atoms with Crippen molar-refractivity contribution >= 4 is 11.9 Å². The predicted octanol–water partition coefficient (Wildman–Crippen LogP) is 0.640.